The van der Waals surface area contributed by atoms with Crippen LogP contribution >= 0.6 is 0 Å². The number of methoxy groups -OCH3 is 1. The van der Waals surface area contributed by atoms with Gasteiger partial charge in [0.25, 0.3) is 0 Å². The van der Waals surface area contributed by atoms with Crippen molar-refractivity contribution in [2.24, 2.45) is 0 Å². The van der Waals surface area contributed by atoms with Crippen LogP contribution in [0.25, 0.3) is 0 Å². The summed E-state index contributed by atoms with van der Waals surface area (Å²) in [4.78, 5) is 11.2. The molecule has 0 heterocycles. The Morgan fingerprint density at radius 3 is 2.71 bits per heavy atom. The molecule has 1 rings (SSSR count). The largest absolute Gasteiger partial charge is 0.465 e. The molecule has 0 amide bonds. The normalized spacial score (nSPS) is 9.21. The van der Waals surface area contributed by atoms with Crippen molar-refractivity contribution in [2.45, 2.75) is 6.92 Å². The lowest BCUT2D eigenvalue weighted by atomic mass is 10.0. The minimum atomic E-state index is -0.523. The molecule has 0 aromatic heterocycles. The van der Waals surface area contributed by atoms with Crippen LogP contribution in [0.2, 0.25) is 0 Å². The molecule has 0 bridgehead atoms. The maximum absolute atomic E-state index is 11.2. The average Bonchev–Trinajstić information content (AvgIpc) is 2.20. The Bertz CT molecular complexity index is 419. The minimum Gasteiger partial charge on any atom is -0.465 e. The Labute approximate surface area is 81.9 Å². The molecule has 0 fully saturated rings. The number of nitrogen functional groups attached to an aromatic ring is 1. The summed E-state index contributed by atoms with van der Waals surface area (Å²) in [6.45, 7) is 1.77. The molecule has 14 heavy (non-hydrogen) atoms. The molecule has 4 heteroatoms. The number of nitriles is 1. The molecule has 4 nitrogen and oxygen atoms in total. The van der Waals surface area contributed by atoms with Crippen molar-refractivity contribution < 1.29 is 9.53 Å². The number of carbonyl (C=O) groups excluding carboxylic acids is 1. The molecule has 0 saturated heterocycles. The summed E-state index contributed by atoms with van der Waals surface area (Å²) < 4.78 is 4.54. The maximum atomic E-state index is 11.2. The number of ether oxygens (including phenoxy) is 1. The number of nitrogens with two attached hydrogens (primary N) is 1. The molecule has 72 valence electrons. The highest BCUT2D eigenvalue weighted by molar-refractivity contribution is 5.93. The van der Waals surface area contributed by atoms with Gasteiger partial charge in [-0.05, 0) is 24.6 Å². The van der Waals surface area contributed by atoms with Gasteiger partial charge in [0, 0.05) is 5.69 Å². The molecule has 0 aliphatic rings. The lowest BCUT2D eigenvalue weighted by Crippen LogP contribution is -2.06. The first-order valence-corrected chi connectivity index (χ1v) is 3.98. The Hall–Kier alpha value is -2.02. The van der Waals surface area contributed by atoms with Gasteiger partial charge in [-0.15, -0.1) is 0 Å². The second kappa shape index (κ2) is 3.79. The van der Waals surface area contributed by atoms with Crippen LogP contribution in [0.1, 0.15) is 21.5 Å². The van der Waals surface area contributed by atoms with Crippen molar-refractivity contribution in [2.75, 3.05) is 12.8 Å². The summed E-state index contributed by atoms with van der Waals surface area (Å²) in [5.41, 5.74) is 7.34. The number of esters is 1. The summed E-state index contributed by atoms with van der Waals surface area (Å²) in [6, 6.07) is 4.93. The van der Waals surface area contributed by atoms with Gasteiger partial charge in [-0.1, -0.05) is 0 Å². The van der Waals surface area contributed by atoms with E-state index >= 15 is 0 Å². The van der Waals surface area contributed by atoms with Gasteiger partial charge >= 0.3 is 5.97 Å². The van der Waals surface area contributed by atoms with E-state index in [0.29, 0.717) is 5.69 Å². The van der Waals surface area contributed by atoms with Crippen LogP contribution in [0.3, 0.4) is 0 Å². The summed E-state index contributed by atoms with van der Waals surface area (Å²) in [6.07, 6.45) is 0. The van der Waals surface area contributed by atoms with E-state index in [9.17, 15) is 4.79 Å². The first-order chi connectivity index (χ1) is 6.60. The third kappa shape index (κ3) is 1.67. The van der Waals surface area contributed by atoms with Gasteiger partial charge in [-0.2, -0.15) is 5.26 Å². The van der Waals surface area contributed by atoms with Crippen molar-refractivity contribution >= 4 is 11.7 Å². The minimum absolute atomic E-state index is 0.236. The van der Waals surface area contributed by atoms with E-state index in [1.54, 1.807) is 13.0 Å². The molecular formula is C10H10N2O2. The van der Waals surface area contributed by atoms with Gasteiger partial charge in [0.05, 0.1) is 18.2 Å². The van der Waals surface area contributed by atoms with E-state index in [2.05, 4.69) is 4.74 Å². The number of benzene rings is 1. The molecule has 0 aliphatic heterocycles. The van der Waals surface area contributed by atoms with Crippen LogP contribution in [-0.2, 0) is 4.74 Å². The molecule has 0 atom stereocenters. The van der Waals surface area contributed by atoms with Crippen LogP contribution in [0.4, 0.5) is 5.69 Å². The lowest BCUT2D eigenvalue weighted by molar-refractivity contribution is 0.0600. The average molecular weight is 190 g/mol. The third-order valence-corrected chi connectivity index (χ3v) is 1.93. The fraction of sp³-hybridized carbons (Fsp3) is 0.200. The number of carbonyl (C=O) groups is 1. The summed E-state index contributed by atoms with van der Waals surface area (Å²) in [5.74, 6) is -0.523. The SMILES string of the molecule is COC(=O)c1cc(C)c(N)cc1C#N. The molecule has 0 saturated carbocycles. The van der Waals surface area contributed by atoms with Gasteiger partial charge in [-0.3, -0.25) is 0 Å². The van der Waals surface area contributed by atoms with E-state index in [1.165, 1.54) is 13.2 Å². The van der Waals surface area contributed by atoms with E-state index < -0.39 is 5.97 Å². The number of rotatable bonds is 1. The quantitative estimate of drug-likeness (QED) is 0.533. The first-order valence-electron chi connectivity index (χ1n) is 3.98. The maximum Gasteiger partial charge on any atom is 0.339 e. The molecule has 2 N–H and O–H groups in total. The second-order valence-electron chi connectivity index (χ2n) is 2.86. The summed E-state index contributed by atoms with van der Waals surface area (Å²) >= 11 is 0. The molecule has 1 aromatic carbocycles. The van der Waals surface area contributed by atoms with Crippen LogP contribution in [0.15, 0.2) is 12.1 Å². The molecule has 0 radical (unpaired) electrons. The van der Waals surface area contributed by atoms with Crippen LogP contribution < -0.4 is 5.73 Å². The van der Waals surface area contributed by atoms with E-state index in [1.807, 2.05) is 6.07 Å². The number of hydrogen-bond acceptors (Lipinski definition) is 4. The van der Waals surface area contributed by atoms with Gasteiger partial charge in [0.1, 0.15) is 6.07 Å². The number of aryl methyl sites for hydroxylation is 1. The molecule has 0 unspecified atom stereocenters. The highest BCUT2D eigenvalue weighted by atomic mass is 16.5. The van der Waals surface area contributed by atoms with Crippen molar-refractivity contribution in [1.82, 2.24) is 0 Å². The standard InChI is InChI=1S/C10H10N2O2/c1-6-3-8(10(13)14-2)7(5-11)4-9(6)12/h3-4H,12H2,1-2H3. The van der Waals surface area contributed by atoms with Crippen molar-refractivity contribution in [3.8, 4) is 6.07 Å². The Morgan fingerprint density at radius 1 is 1.57 bits per heavy atom. The number of anilines is 1. The van der Waals surface area contributed by atoms with E-state index in [4.69, 9.17) is 11.0 Å². The Morgan fingerprint density at radius 2 is 2.21 bits per heavy atom. The smallest absolute Gasteiger partial charge is 0.339 e. The van der Waals surface area contributed by atoms with Gasteiger partial charge in [0.2, 0.25) is 0 Å². The Balaban J connectivity index is 3.36. The van der Waals surface area contributed by atoms with Gasteiger partial charge in [0.15, 0.2) is 0 Å². The van der Waals surface area contributed by atoms with Crippen molar-refractivity contribution in [3.63, 3.8) is 0 Å². The fourth-order valence-electron chi connectivity index (χ4n) is 1.10. The van der Waals surface area contributed by atoms with Crippen LogP contribution in [0, 0.1) is 18.3 Å². The predicted molar refractivity (Wildman–Crippen MR) is 51.6 cm³/mol. The summed E-state index contributed by atoms with van der Waals surface area (Å²) in [7, 11) is 1.27. The zero-order chi connectivity index (χ0) is 10.7. The molecule has 0 spiro atoms. The summed E-state index contributed by atoms with van der Waals surface area (Å²) in [5, 5.41) is 8.76. The van der Waals surface area contributed by atoms with Crippen molar-refractivity contribution in [3.05, 3.63) is 28.8 Å². The topological polar surface area (TPSA) is 76.1 Å². The fourth-order valence-corrected chi connectivity index (χ4v) is 1.10. The first kappa shape index (κ1) is 10.1. The van der Waals surface area contributed by atoms with E-state index in [0.717, 1.165) is 5.56 Å². The Kier molecular flexibility index (Phi) is 2.73. The monoisotopic (exact) mass is 190 g/mol. The van der Waals surface area contributed by atoms with Crippen LogP contribution in [0.5, 0.6) is 0 Å². The van der Waals surface area contributed by atoms with E-state index in [-0.39, 0.29) is 11.1 Å². The zero-order valence-corrected chi connectivity index (χ0v) is 8.00. The third-order valence-electron chi connectivity index (χ3n) is 1.93. The van der Waals surface area contributed by atoms with Crippen LogP contribution in [-0.4, -0.2) is 13.1 Å². The second-order valence-corrected chi connectivity index (χ2v) is 2.86. The predicted octanol–water partition coefficient (Wildman–Crippen LogP) is 1.24. The van der Waals surface area contributed by atoms with Gasteiger partial charge < -0.3 is 10.5 Å². The zero-order valence-electron chi connectivity index (χ0n) is 8.00. The molecule has 1 aromatic rings. The number of nitrogens with zero attached hydrogens (tertiary/aromatic N) is 1. The lowest BCUT2D eigenvalue weighted by Gasteiger charge is -2.05. The van der Waals surface area contributed by atoms with Crippen molar-refractivity contribution in [1.29, 1.82) is 5.26 Å². The number of hydrogen-bond donors (Lipinski definition) is 1. The molecule has 0 aliphatic carbocycles. The highest BCUT2D eigenvalue weighted by Crippen LogP contribution is 2.18. The molecular weight excluding hydrogens is 180 g/mol. The van der Waals surface area contributed by atoms with Gasteiger partial charge in [-0.25, -0.2) is 4.79 Å². The highest BCUT2D eigenvalue weighted by Gasteiger charge is 2.13.